The molecule has 1 aliphatic heterocycles. The number of hydrogen-bond donors (Lipinski definition) is 4. The van der Waals surface area contributed by atoms with Crippen LogP contribution in [0.15, 0.2) is 59.4 Å². The summed E-state index contributed by atoms with van der Waals surface area (Å²) in [4.78, 5) is 44.7. The van der Waals surface area contributed by atoms with Crippen molar-refractivity contribution in [3.05, 3.63) is 70.5 Å². The van der Waals surface area contributed by atoms with Crippen LogP contribution >= 0.6 is 0 Å². The molecule has 0 radical (unpaired) electrons. The zero-order valence-corrected chi connectivity index (χ0v) is 16.1. The van der Waals surface area contributed by atoms with E-state index in [1.165, 1.54) is 7.11 Å². The second-order valence-electron chi connectivity index (χ2n) is 6.66. The van der Waals surface area contributed by atoms with Gasteiger partial charge in [-0.1, -0.05) is 30.3 Å². The van der Waals surface area contributed by atoms with Gasteiger partial charge in [-0.2, -0.15) is 4.98 Å². The van der Waals surface area contributed by atoms with Gasteiger partial charge in [-0.15, -0.1) is 0 Å². The van der Waals surface area contributed by atoms with Crippen molar-refractivity contribution in [1.29, 1.82) is 0 Å². The van der Waals surface area contributed by atoms with Gasteiger partial charge >= 0.3 is 0 Å². The van der Waals surface area contributed by atoms with E-state index in [1.807, 2.05) is 12.1 Å². The number of fused-ring (bicyclic) bond motifs is 1. The van der Waals surface area contributed by atoms with Crippen LogP contribution in [0.3, 0.4) is 0 Å². The summed E-state index contributed by atoms with van der Waals surface area (Å²) < 4.78 is 5.28. The SMILES string of the molecule is COc1ccccc1Nc1nc2c(c(=O)[nH]1)[C@@H](C(=O)Nc1ccccc1)CC(=O)N2. The monoisotopic (exact) mass is 405 g/mol. The number of carbonyl (C=O) groups excluding carboxylic acids is 2. The Hall–Kier alpha value is -4.14. The van der Waals surface area contributed by atoms with Crippen LogP contribution in [0.2, 0.25) is 0 Å². The largest absolute Gasteiger partial charge is 0.495 e. The fourth-order valence-electron chi connectivity index (χ4n) is 3.28. The second kappa shape index (κ2) is 8.08. The number of H-pyrrole nitrogens is 1. The molecule has 0 bridgehead atoms. The van der Waals surface area contributed by atoms with Gasteiger partial charge in [-0.05, 0) is 24.3 Å². The molecule has 3 aromatic rings. The zero-order chi connectivity index (χ0) is 21.1. The van der Waals surface area contributed by atoms with E-state index in [2.05, 4.69) is 25.9 Å². The van der Waals surface area contributed by atoms with E-state index in [4.69, 9.17) is 4.74 Å². The van der Waals surface area contributed by atoms with E-state index in [1.54, 1.807) is 42.5 Å². The number of aromatic nitrogens is 2. The highest BCUT2D eigenvalue weighted by atomic mass is 16.5. The Balaban J connectivity index is 1.66. The molecule has 2 heterocycles. The average molecular weight is 405 g/mol. The normalized spacial score (nSPS) is 15.0. The van der Waals surface area contributed by atoms with Gasteiger partial charge in [0.15, 0.2) is 0 Å². The number of para-hydroxylation sites is 3. The molecule has 0 saturated heterocycles. The minimum Gasteiger partial charge on any atom is -0.495 e. The molecule has 9 heteroatoms. The lowest BCUT2D eigenvalue weighted by Crippen LogP contribution is -2.36. The molecule has 0 aliphatic carbocycles. The first kappa shape index (κ1) is 19.2. The van der Waals surface area contributed by atoms with E-state index in [0.717, 1.165) is 0 Å². The molecule has 1 aliphatic rings. The van der Waals surface area contributed by atoms with Crippen molar-refractivity contribution in [3.8, 4) is 5.75 Å². The fraction of sp³-hybridized carbons (Fsp3) is 0.143. The minimum atomic E-state index is -0.953. The lowest BCUT2D eigenvalue weighted by atomic mass is 9.92. The molecular weight excluding hydrogens is 386 g/mol. The molecule has 0 spiro atoms. The van der Waals surface area contributed by atoms with Gasteiger partial charge in [-0.3, -0.25) is 19.4 Å². The van der Waals surface area contributed by atoms with E-state index in [0.29, 0.717) is 17.1 Å². The molecular formula is C21H19N5O4. The summed E-state index contributed by atoms with van der Waals surface area (Å²) in [5, 5.41) is 8.29. The zero-order valence-electron chi connectivity index (χ0n) is 16.1. The summed E-state index contributed by atoms with van der Waals surface area (Å²) in [6.07, 6.45) is -0.143. The van der Waals surface area contributed by atoms with Crippen LogP contribution in [-0.4, -0.2) is 28.9 Å². The Kier molecular flexibility index (Phi) is 5.17. The van der Waals surface area contributed by atoms with Crippen LogP contribution in [0, 0.1) is 0 Å². The van der Waals surface area contributed by atoms with Gasteiger partial charge in [0.2, 0.25) is 17.8 Å². The molecule has 9 nitrogen and oxygen atoms in total. The van der Waals surface area contributed by atoms with Crippen molar-refractivity contribution in [2.24, 2.45) is 0 Å². The molecule has 1 atom stereocenters. The van der Waals surface area contributed by atoms with Gasteiger partial charge in [0.05, 0.1) is 24.3 Å². The van der Waals surface area contributed by atoms with Gasteiger partial charge in [0, 0.05) is 12.1 Å². The van der Waals surface area contributed by atoms with Crippen LogP contribution in [0.5, 0.6) is 5.75 Å². The Labute approximate surface area is 171 Å². The smallest absolute Gasteiger partial charge is 0.258 e. The molecule has 0 unspecified atom stereocenters. The van der Waals surface area contributed by atoms with Crippen molar-refractivity contribution >= 4 is 35.0 Å². The van der Waals surface area contributed by atoms with Gasteiger partial charge in [0.1, 0.15) is 11.6 Å². The molecule has 152 valence electrons. The first-order chi connectivity index (χ1) is 14.5. The van der Waals surface area contributed by atoms with Crippen LogP contribution in [-0.2, 0) is 9.59 Å². The molecule has 0 fully saturated rings. The summed E-state index contributed by atoms with van der Waals surface area (Å²) in [5.74, 6) is -1.06. The topological polar surface area (TPSA) is 125 Å². The number of rotatable bonds is 5. The number of hydrogen-bond acceptors (Lipinski definition) is 6. The van der Waals surface area contributed by atoms with Crippen molar-refractivity contribution in [1.82, 2.24) is 9.97 Å². The Morgan fingerprint density at radius 2 is 1.83 bits per heavy atom. The Morgan fingerprint density at radius 1 is 1.10 bits per heavy atom. The first-order valence-corrected chi connectivity index (χ1v) is 9.25. The molecule has 2 amide bonds. The quantitative estimate of drug-likeness (QED) is 0.517. The highest BCUT2D eigenvalue weighted by molar-refractivity contribution is 6.04. The van der Waals surface area contributed by atoms with E-state index in [9.17, 15) is 14.4 Å². The summed E-state index contributed by atoms with van der Waals surface area (Å²) in [6.45, 7) is 0. The number of ether oxygens (including phenoxy) is 1. The predicted octanol–water partition coefficient (Wildman–Crippen LogP) is 2.59. The fourth-order valence-corrected chi connectivity index (χ4v) is 3.28. The highest BCUT2D eigenvalue weighted by Gasteiger charge is 2.34. The van der Waals surface area contributed by atoms with Crippen molar-refractivity contribution in [2.75, 3.05) is 23.1 Å². The number of nitrogens with one attached hydrogen (secondary N) is 4. The molecule has 2 aromatic carbocycles. The molecule has 4 N–H and O–H groups in total. The maximum Gasteiger partial charge on any atom is 0.258 e. The predicted molar refractivity (Wildman–Crippen MR) is 112 cm³/mol. The average Bonchev–Trinajstić information content (AvgIpc) is 2.74. The summed E-state index contributed by atoms with van der Waals surface area (Å²) >= 11 is 0. The standard InChI is InChI=1S/C21H19N5O4/c1-30-15-10-6-5-9-14(15)23-21-25-18-17(20(29)26-21)13(11-16(27)24-18)19(28)22-12-7-3-2-4-8-12/h2-10,13H,11H2,1H3,(H,22,28)(H3,23,24,25,26,27,29)/t13-/m0/s1. The van der Waals surface area contributed by atoms with E-state index in [-0.39, 0.29) is 23.8 Å². The van der Waals surface area contributed by atoms with Gasteiger partial charge < -0.3 is 20.7 Å². The number of aromatic amines is 1. The van der Waals surface area contributed by atoms with Crippen molar-refractivity contribution in [3.63, 3.8) is 0 Å². The summed E-state index contributed by atoms with van der Waals surface area (Å²) in [6, 6.07) is 16.0. The van der Waals surface area contributed by atoms with Crippen LogP contribution in [0.25, 0.3) is 0 Å². The number of benzene rings is 2. The summed E-state index contributed by atoms with van der Waals surface area (Å²) in [7, 11) is 1.53. The van der Waals surface area contributed by atoms with Gasteiger partial charge in [-0.25, -0.2) is 0 Å². The van der Waals surface area contributed by atoms with Crippen LogP contribution in [0.4, 0.5) is 23.1 Å². The third-order valence-corrected chi connectivity index (χ3v) is 4.67. The van der Waals surface area contributed by atoms with Gasteiger partial charge in [0.25, 0.3) is 5.56 Å². The number of carbonyl (C=O) groups is 2. The number of amides is 2. The third-order valence-electron chi connectivity index (χ3n) is 4.67. The maximum atomic E-state index is 12.8. The van der Waals surface area contributed by atoms with Crippen molar-refractivity contribution < 1.29 is 14.3 Å². The molecule has 1 aromatic heterocycles. The number of anilines is 4. The van der Waals surface area contributed by atoms with Crippen LogP contribution in [0.1, 0.15) is 17.9 Å². The third kappa shape index (κ3) is 3.86. The lowest BCUT2D eigenvalue weighted by Gasteiger charge is -2.23. The lowest BCUT2D eigenvalue weighted by molar-refractivity contribution is -0.123. The van der Waals surface area contributed by atoms with E-state index >= 15 is 0 Å². The molecule has 4 rings (SSSR count). The molecule has 0 saturated carbocycles. The number of methoxy groups -OCH3 is 1. The van der Waals surface area contributed by atoms with Crippen LogP contribution < -0.4 is 26.2 Å². The first-order valence-electron chi connectivity index (χ1n) is 9.25. The van der Waals surface area contributed by atoms with E-state index < -0.39 is 23.3 Å². The minimum absolute atomic E-state index is 0.0561. The summed E-state index contributed by atoms with van der Waals surface area (Å²) in [5.41, 5.74) is 0.775. The number of nitrogens with zero attached hydrogens (tertiary/aromatic N) is 1. The molecule has 30 heavy (non-hydrogen) atoms. The maximum absolute atomic E-state index is 12.8. The Morgan fingerprint density at radius 3 is 2.60 bits per heavy atom. The Bertz CT molecular complexity index is 1160. The highest BCUT2D eigenvalue weighted by Crippen LogP contribution is 2.31. The van der Waals surface area contributed by atoms with Crippen molar-refractivity contribution in [2.45, 2.75) is 12.3 Å². The second-order valence-corrected chi connectivity index (χ2v) is 6.66.